The average molecular weight is 349 g/mol. The normalized spacial score (nSPS) is 10.3. The van der Waals surface area contributed by atoms with Crippen molar-refractivity contribution in [2.45, 2.75) is 20.3 Å². The summed E-state index contributed by atoms with van der Waals surface area (Å²) in [5, 5.41) is 3.48. The fraction of sp³-hybridized carbons (Fsp3) is 0.188. The van der Waals surface area contributed by atoms with E-state index in [1.807, 2.05) is 18.2 Å². The zero-order valence-electron chi connectivity index (χ0n) is 11.5. The molecule has 3 N–H and O–H groups in total. The second-order valence-electron chi connectivity index (χ2n) is 4.61. The maximum atomic E-state index is 5.84. The molecule has 0 heterocycles. The van der Waals surface area contributed by atoms with Gasteiger partial charge in [-0.2, -0.15) is 0 Å². The predicted octanol–water partition coefficient (Wildman–Crippen LogP) is 4.70. The molecule has 104 valence electrons. The second-order valence-corrected chi connectivity index (χ2v) is 5.91. The number of nitrogens with one attached hydrogen (secondary N) is 1. The third-order valence-corrected chi connectivity index (χ3v) is 4.12. The van der Waals surface area contributed by atoms with Gasteiger partial charge in [-0.05, 0) is 52.5 Å². The lowest BCUT2D eigenvalue weighted by atomic mass is 10.0. The number of rotatable bonds is 4. The molecule has 0 amide bonds. The van der Waals surface area contributed by atoms with Gasteiger partial charge in [0.05, 0.1) is 0 Å². The Morgan fingerprint density at radius 3 is 2.60 bits per heavy atom. The Balaban J connectivity index is 2.51. The van der Waals surface area contributed by atoms with Crippen LogP contribution in [0.15, 0.2) is 40.9 Å². The van der Waals surface area contributed by atoms with Crippen LogP contribution >= 0.6 is 28.1 Å². The van der Waals surface area contributed by atoms with Gasteiger partial charge in [-0.15, -0.1) is 0 Å². The molecule has 0 saturated carbocycles. The minimum Gasteiger partial charge on any atom is -0.389 e. The van der Waals surface area contributed by atoms with Crippen LogP contribution in [-0.2, 0) is 6.42 Å². The molecule has 0 unspecified atom stereocenters. The predicted molar refractivity (Wildman–Crippen MR) is 93.9 cm³/mol. The summed E-state index contributed by atoms with van der Waals surface area (Å²) in [6.07, 6.45) is 0.973. The van der Waals surface area contributed by atoms with E-state index in [0.29, 0.717) is 4.99 Å². The van der Waals surface area contributed by atoms with Gasteiger partial charge in [-0.3, -0.25) is 0 Å². The Labute approximate surface area is 133 Å². The highest BCUT2D eigenvalue weighted by atomic mass is 79.9. The summed E-state index contributed by atoms with van der Waals surface area (Å²) in [4.78, 5) is 0.381. The van der Waals surface area contributed by atoms with Gasteiger partial charge in [0.25, 0.3) is 0 Å². The second kappa shape index (κ2) is 6.37. The van der Waals surface area contributed by atoms with Crippen LogP contribution in [0.25, 0.3) is 0 Å². The Bertz CT molecular complexity index is 653. The van der Waals surface area contributed by atoms with Gasteiger partial charge in [-0.1, -0.05) is 43.4 Å². The van der Waals surface area contributed by atoms with Crippen molar-refractivity contribution in [3.63, 3.8) is 0 Å². The van der Waals surface area contributed by atoms with Crippen molar-refractivity contribution in [1.82, 2.24) is 0 Å². The number of nitrogens with two attached hydrogens (primary N) is 1. The van der Waals surface area contributed by atoms with E-state index in [1.54, 1.807) is 0 Å². The van der Waals surface area contributed by atoms with Gasteiger partial charge >= 0.3 is 0 Å². The van der Waals surface area contributed by atoms with Gasteiger partial charge < -0.3 is 11.1 Å². The van der Waals surface area contributed by atoms with Crippen LogP contribution in [0.5, 0.6) is 0 Å². The van der Waals surface area contributed by atoms with E-state index in [-0.39, 0.29) is 0 Å². The Morgan fingerprint density at radius 2 is 1.95 bits per heavy atom. The number of benzene rings is 2. The van der Waals surface area contributed by atoms with Crippen LogP contribution in [-0.4, -0.2) is 4.99 Å². The number of halogens is 1. The number of thiocarbonyl (C=S) groups is 1. The first kappa shape index (κ1) is 15.0. The smallest absolute Gasteiger partial charge is 0.107 e. The van der Waals surface area contributed by atoms with Crippen LogP contribution in [0.3, 0.4) is 0 Å². The Morgan fingerprint density at radius 1 is 1.25 bits per heavy atom. The quantitative estimate of drug-likeness (QED) is 0.786. The third-order valence-electron chi connectivity index (χ3n) is 3.26. The summed E-state index contributed by atoms with van der Waals surface area (Å²) < 4.78 is 0.904. The molecule has 2 nitrogen and oxygen atoms in total. The van der Waals surface area contributed by atoms with Crippen molar-refractivity contribution < 1.29 is 0 Å². The summed E-state index contributed by atoms with van der Waals surface area (Å²) in [6, 6.07) is 12.2. The van der Waals surface area contributed by atoms with E-state index in [2.05, 4.69) is 53.3 Å². The number of hydrogen-bond acceptors (Lipinski definition) is 2. The maximum absolute atomic E-state index is 5.84. The van der Waals surface area contributed by atoms with Gasteiger partial charge in [0.1, 0.15) is 4.99 Å². The van der Waals surface area contributed by atoms with Crippen molar-refractivity contribution in [2.24, 2.45) is 5.73 Å². The van der Waals surface area contributed by atoms with E-state index < -0.39 is 0 Å². The molecule has 2 rings (SSSR count). The molecule has 0 aliphatic heterocycles. The number of aryl methyl sites for hydroxylation is 2. The van der Waals surface area contributed by atoms with Crippen LogP contribution in [0.1, 0.15) is 23.6 Å². The molecule has 0 radical (unpaired) electrons. The summed E-state index contributed by atoms with van der Waals surface area (Å²) in [5.74, 6) is 0. The fourth-order valence-electron chi connectivity index (χ4n) is 2.22. The molecule has 2 aromatic carbocycles. The summed E-state index contributed by atoms with van der Waals surface area (Å²) >= 11 is 8.66. The molecular formula is C16H17BrN2S. The largest absolute Gasteiger partial charge is 0.389 e. The Hall–Kier alpha value is -1.39. The summed E-state index contributed by atoms with van der Waals surface area (Å²) in [7, 11) is 0. The van der Waals surface area contributed by atoms with Gasteiger partial charge in [-0.25, -0.2) is 0 Å². The molecule has 0 spiro atoms. The molecule has 0 aliphatic rings. The molecule has 20 heavy (non-hydrogen) atoms. The lowest BCUT2D eigenvalue weighted by molar-refractivity contribution is 1.13. The molecular weight excluding hydrogens is 332 g/mol. The number of anilines is 2. The van der Waals surface area contributed by atoms with Gasteiger partial charge in [0.15, 0.2) is 0 Å². The maximum Gasteiger partial charge on any atom is 0.107 e. The monoisotopic (exact) mass is 348 g/mol. The van der Waals surface area contributed by atoms with Crippen molar-refractivity contribution in [1.29, 1.82) is 0 Å². The van der Waals surface area contributed by atoms with E-state index in [9.17, 15) is 0 Å². The molecule has 2 aromatic rings. The minimum atomic E-state index is 0.381. The first-order chi connectivity index (χ1) is 9.54. The summed E-state index contributed by atoms with van der Waals surface area (Å²) in [5.41, 5.74) is 11.2. The van der Waals surface area contributed by atoms with Crippen LogP contribution in [0.4, 0.5) is 11.4 Å². The van der Waals surface area contributed by atoms with Crippen LogP contribution in [0.2, 0.25) is 0 Å². The first-order valence-corrected chi connectivity index (χ1v) is 7.68. The highest BCUT2D eigenvalue weighted by Gasteiger charge is 2.12. The SMILES string of the molecule is CCc1cccc(C)c1Nc1cccc(Br)c1C(N)=S. The number of para-hydroxylation sites is 1. The van der Waals surface area contributed by atoms with Crippen LogP contribution in [0, 0.1) is 6.92 Å². The third kappa shape index (κ3) is 3.02. The topological polar surface area (TPSA) is 38.0 Å². The average Bonchev–Trinajstić information content (AvgIpc) is 2.40. The van der Waals surface area contributed by atoms with Crippen molar-refractivity contribution in [3.05, 3.63) is 57.6 Å². The lowest BCUT2D eigenvalue weighted by Crippen LogP contribution is -2.13. The van der Waals surface area contributed by atoms with Crippen molar-refractivity contribution in [3.8, 4) is 0 Å². The van der Waals surface area contributed by atoms with E-state index in [4.69, 9.17) is 18.0 Å². The number of hydrogen-bond donors (Lipinski definition) is 2. The zero-order chi connectivity index (χ0) is 14.7. The Kier molecular flexibility index (Phi) is 4.78. The molecule has 4 heteroatoms. The molecule has 0 fully saturated rings. The van der Waals surface area contributed by atoms with Crippen molar-refractivity contribution in [2.75, 3.05) is 5.32 Å². The van der Waals surface area contributed by atoms with Gasteiger partial charge in [0, 0.05) is 21.4 Å². The first-order valence-electron chi connectivity index (χ1n) is 6.48. The van der Waals surface area contributed by atoms with E-state index in [1.165, 1.54) is 11.1 Å². The van der Waals surface area contributed by atoms with Gasteiger partial charge in [0.2, 0.25) is 0 Å². The summed E-state index contributed by atoms with van der Waals surface area (Å²) in [6.45, 7) is 4.25. The highest BCUT2D eigenvalue weighted by molar-refractivity contribution is 9.10. The minimum absolute atomic E-state index is 0.381. The molecule has 0 saturated heterocycles. The molecule has 0 aromatic heterocycles. The molecule has 0 aliphatic carbocycles. The van der Waals surface area contributed by atoms with Crippen LogP contribution < -0.4 is 11.1 Å². The molecule has 0 atom stereocenters. The van der Waals surface area contributed by atoms with E-state index >= 15 is 0 Å². The highest BCUT2D eigenvalue weighted by Crippen LogP contribution is 2.30. The fourth-order valence-corrected chi connectivity index (χ4v) is 3.15. The van der Waals surface area contributed by atoms with Crippen molar-refractivity contribution >= 4 is 44.5 Å². The lowest BCUT2D eigenvalue weighted by Gasteiger charge is -2.17. The zero-order valence-corrected chi connectivity index (χ0v) is 13.9. The molecule has 0 bridgehead atoms. The van der Waals surface area contributed by atoms with E-state index in [0.717, 1.165) is 27.8 Å². The standard InChI is InChI=1S/C16H17BrN2S/c1-3-11-7-4-6-10(2)15(11)19-13-9-5-8-12(17)14(13)16(18)20/h4-9,19H,3H2,1-2H3,(H2,18,20).